The average molecular weight is 564 g/mol. The van der Waals surface area contributed by atoms with Crippen LogP contribution in [0.2, 0.25) is 0 Å². The van der Waals surface area contributed by atoms with E-state index in [-0.39, 0.29) is 17.2 Å². The van der Waals surface area contributed by atoms with E-state index in [2.05, 4.69) is 57.2 Å². The van der Waals surface area contributed by atoms with Crippen molar-refractivity contribution in [2.75, 3.05) is 56.2 Å². The third kappa shape index (κ3) is 5.97. The summed E-state index contributed by atoms with van der Waals surface area (Å²) >= 11 is 1.80. The third-order valence-corrected chi connectivity index (χ3v) is 8.97. The Labute approximate surface area is 239 Å². The van der Waals surface area contributed by atoms with Crippen LogP contribution in [0.4, 0.5) is 17.2 Å². The molecule has 0 saturated carbocycles. The molecule has 2 aromatic carbocycles. The lowest BCUT2D eigenvalue weighted by Crippen LogP contribution is -2.49. The number of aryl methyl sites for hydroxylation is 1. The summed E-state index contributed by atoms with van der Waals surface area (Å²) < 4.78 is 7.53. The highest BCUT2D eigenvalue weighted by atomic mass is 32.2. The van der Waals surface area contributed by atoms with Crippen LogP contribution >= 0.6 is 11.8 Å². The second-order valence-electron chi connectivity index (χ2n) is 10.4. The smallest absolute Gasteiger partial charge is 0.332 e. The molecule has 3 heterocycles. The lowest BCUT2D eigenvalue weighted by molar-refractivity contribution is -0.140. The Kier molecular flexibility index (Phi) is 8.66. The van der Waals surface area contributed by atoms with Gasteiger partial charge in [-0.15, -0.1) is 0 Å². The molecule has 10 heteroatoms. The molecule has 0 unspecified atom stereocenters. The molecule has 0 bridgehead atoms. The molecule has 212 valence electrons. The number of piperazine rings is 1. The van der Waals surface area contributed by atoms with Crippen molar-refractivity contribution < 1.29 is 9.53 Å². The zero-order valence-electron chi connectivity index (χ0n) is 23.5. The quantitative estimate of drug-likeness (QED) is 0.290. The molecular weight excluding hydrogens is 526 g/mol. The van der Waals surface area contributed by atoms with Gasteiger partial charge in [0.25, 0.3) is 5.56 Å². The van der Waals surface area contributed by atoms with Gasteiger partial charge in [-0.2, -0.15) is 0 Å². The largest absolute Gasteiger partial charge is 0.469 e. The molecule has 0 amide bonds. The molecule has 9 nitrogen and oxygen atoms in total. The predicted octanol–water partition coefficient (Wildman–Crippen LogP) is 3.39. The molecule has 2 aliphatic rings. The monoisotopic (exact) mass is 563 g/mol. The van der Waals surface area contributed by atoms with Gasteiger partial charge < -0.3 is 14.5 Å². The van der Waals surface area contributed by atoms with E-state index in [4.69, 9.17) is 4.74 Å². The Hall–Kier alpha value is -3.50. The maximum Gasteiger partial charge on any atom is 0.332 e. The molecule has 0 atom stereocenters. The summed E-state index contributed by atoms with van der Waals surface area (Å²) in [6.45, 7) is 5.32. The second kappa shape index (κ2) is 12.3. The van der Waals surface area contributed by atoms with E-state index in [0.717, 1.165) is 62.2 Å². The Morgan fingerprint density at radius 3 is 2.38 bits per heavy atom. The Bertz CT molecular complexity index is 1490. The van der Waals surface area contributed by atoms with Crippen LogP contribution in [0.15, 0.2) is 67.9 Å². The molecular formula is C30H37N5O4S. The highest BCUT2D eigenvalue weighted by Gasteiger charge is 2.24. The van der Waals surface area contributed by atoms with Gasteiger partial charge in [-0.1, -0.05) is 30.0 Å². The molecule has 1 fully saturated rings. The minimum absolute atomic E-state index is 0.188. The molecule has 0 spiro atoms. The summed E-state index contributed by atoms with van der Waals surface area (Å²) in [5.41, 5.74) is 3.02. The van der Waals surface area contributed by atoms with Crippen molar-refractivity contribution in [2.45, 2.75) is 35.5 Å². The Morgan fingerprint density at radius 1 is 0.875 bits per heavy atom. The molecule has 0 radical (unpaired) electrons. The predicted molar refractivity (Wildman–Crippen MR) is 159 cm³/mol. The number of para-hydroxylation sites is 1. The summed E-state index contributed by atoms with van der Waals surface area (Å²) in [7, 11) is 4.66. The lowest BCUT2D eigenvalue weighted by Gasteiger charge is -2.37. The first-order valence-electron chi connectivity index (χ1n) is 13.8. The van der Waals surface area contributed by atoms with E-state index in [1.165, 1.54) is 35.3 Å². The molecule has 2 aliphatic heterocycles. The van der Waals surface area contributed by atoms with Crippen LogP contribution in [-0.2, 0) is 30.0 Å². The van der Waals surface area contributed by atoms with Crippen LogP contribution in [0, 0.1) is 0 Å². The fraction of sp³-hybridized carbons (Fsp3) is 0.433. The normalized spacial score (nSPS) is 15.1. The highest BCUT2D eigenvalue weighted by molar-refractivity contribution is 7.99. The van der Waals surface area contributed by atoms with Crippen LogP contribution in [0.3, 0.4) is 0 Å². The number of nitrogens with zero attached hydrogens (tertiary/aromatic N) is 5. The maximum atomic E-state index is 12.3. The van der Waals surface area contributed by atoms with Gasteiger partial charge in [0, 0.05) is 69.1 Å². The average Bonchev–Trinajstić information content (AvgIpc) is 2.98. The number of unbranched alkanes of at least 4 members (excludes halogenated alkanes) is 1. The summed E-state index contributed by atoms with van der Waals surface area (Å²) in [5.74, 6) is 0.506. The van der Waals surface area contributed by atoms with Gasteiger partial charge in [-0.25, -0.2) is 4.79 Å². The van der Waals surface area contributed by atoms with E-state index < -0.39 is 0 Å². The van der Waals surface area contributed by atoms with Gasteiger partial charge in [0.2, 0.25) is 0 Å². The number of hydrogen-bond acceptors (Lipinski definition) is 8. The number of anilines is 3. The van der Waals surface area contributed by atoms with E-state index in [1.807, 2.05) is 0 Å². The number of carbonyl (C=O) groups is 1. The Balaban J connectivity index is 1.19. The standard InChI is InChI=1S/C30H37N5O4S/c1-31-27(21-28(36)32(2)30(31)38)34-18-16-33(17-19-34)14-6-7-15-35-23-8-4-5-9-25(23)40-26-12-10-22(20-24(26)35)11-13-29(37)39-3/h4-5,8-10,12,20-21H,6-7,11,13-19H2,1-3H3. The topological polar surface area (TPSA) is 80.0 Å². The van der Waals surface area contributed by atoms with Crippen LogP contribution < -0.4 is 21.0 Å². The minimum atomic E-state index is -0.292. The number of methoxy groups -OCH3 is 1. The minimum Gasteiger partial charge on any atom is -0.469 e. The summed E-state index contributed by atoms with van der Waals surface area (Å²) in [5, 5.41) is 0. The maximum absolute atomic E-state index is 12.3. The second-order valence-corrected chi connectivity index (χ2v) is 11.5. The van der Waals surface area contributed by atoms with Crippen molar-refractivity contribution in [1.29, 1.82) is 0 Å². The molecule has 1 saturated heterocycles. The summed E-state index contributed by atoms with van der Waals surface area (Å²) in [6, 6.07) is 16.6. The zero-order chi connectivity index (χ0) is 28.2. The van der Waals surface area contributed by atoms with Gasteiger partial charge in [-0.05, 0) is 55.6 Å². The fourth-order valence-corrected chi connectivity index (χ4v) is 6.53. The molecule has 0 aliphatic carbocycles. The van der Waals surface area contributed by atoms with Gasteiger partial charge in [0.05, 0.1) is 18.5 Å². The van der Waals surface area contributed by atoms with Crippen LogP contribution in [0.25, 0.3) is 0 Å². The van der Waals surface area contributed by atoms with E-state index in [1.54, 1.807) is 29.4 Å². The van der Waals surface area contributed by atoms with Gasteiger partial charge in [-0.3, -0.25) is 23.6 Å². The van der Waals surface area contributed by atoms with E-state index >= 15 is 0 Å². The first kappa shape index (κ1) is 28.0. The van der Waals surface area contributed by atoms with Crippen LogP contribution in [0.5, 0.6) is 0 Å². The molecule has 40 heavy (non-hydrogen) atoms. The zero-order valence-corrected chi connectivity index (χ0v) is 24.3. The van der Waals surface area contributed by atoms with Gasteiger partial charge in [0.1, 0.15) is 5.82 Å². The number of ether oxygens (including phenoxy) is 1. The molecule has 1 aromatic heterocycles. The van der Waals surface area contributed by atoms with Crippen LogP contribution in [0.1, 0.15) is 24.8 Å². The molecule has 3 aromatic rings. The number of hydrogen-bond donors (Lipinski definition) is 0. The first-order chi connectivity index (χ1) is 19.4. The number of carbonyl (C=O) groups excluding carboxylic acids is 1. The summed E-state index contributed by atoms with van der Waals surface area (Å²) in [6.07, 6.45) is 3.17. The lowest BCUT2D eigenvalue weighted by atomic mass is 10.1. The molecule has 0 N–H and O–H groups in total. The number of esters is 1. The van der Waals surface area contributed by atoms with Crippen molar-refractivity contribution in [3.8, 4) is 0 Å². The third-order valence-electron chi connectivity index (χ3n) is 7.84. The van der Waals surface area contributed by atoms with Gasteiger partial charge in [0.15, 0.2) is 0 Å². The van der Waals surface area contributed by atoms with Crippen molar-refractivity contribution in [2.24, 2.45) is 14.1 Å². The number of rotatable bonds is 9. The highest BCUT2D eigenvalue weighted by Crippen LogP contribution is 2.48. The number of benzene rings is 2. The Morgan fingerprint density at radius 2 is 1.60 bits per heavy atom. The fourth-order valence-electron chi connectivity index (χ4n) is 5.45. The molecule has 5 rings (SSSR count). The number of aromatic nitrogens is 2. The van der Waals surface area contributed by atoms with Crippen molar-refractivity contribution in [1.82, 2.24) is 14.0 Å². The van der Waals surface area contributed by atoms with Crippen molar-refractivity contribution in [3.63, 3.8) is 0 Å². The summed E-state index contributed by atoms with van der Waals surface area (Å²) in [4.78, 5) is 45.7. The van der Waals surface area contributed by atoms with Gasteiger partial charge >= 0.3 is 11.7 Å². The number of fused-ring (bicyclic) bond motifs is 2. The first-order valence-corrected chi connectivity index (χ1v) is 14.7. The SMILES string of the molecule is COC(=O)CCc1ccc2c(c1)N(CCCCN1CCN(c3cc(=O)n(C)c(=O)n3C)CC1)c1ccccc1S2. The van der Waals surface area contributed by atoms with Crippen LogP contribution in [-0.4, -0.2) is 66.4 Å². The van der Waals surface area contributed by atoms with E-state index in [9.17, 15) is 14.4 Å². The van der Waals surface area contributed by atoms with E-state index in [0.29, 0.717) is 18.7 Å². The van der Waals surface area contributed by atoms with Crippen molar-refractivity contribution in [3.05, 3.63) is 74.9 Å². The van der Waals surface area contributed by atoms with Crippen molar-refractivity contribution >= 4 is 34.9 Å².